The van der Waals surface area contributed by atoms with Crippen LogP contribution in [0.4, 0.5) is 5.00 Å². The zero-order valence-electron chi connectivity index (χ0n) is 23.8. The molecule has 3 rings (SSSR count). The van der Waals surface area contributed by atoms with Gasteiger partial charge in [-0.1, -0.05) is 29.4 Å². The van der Waals surface area contributed by atoms with E-state index < -0.39 is 23.9 Å². The van der Waals surface area contributed by atoms with Crippen molar-refractivity contribution in [2.45, 2.75) is 59.3 Å². The topological polar surface area (TPSA) is 122 Å². The highest BCUT2D eigenvalue weighted by Gasteiger charge is 2.28. The average molecular weight is 621 g/mol. The van der Waals surface area contributed by atoms with Crippen molar-refractivity contribution in [3.8, 4) is 5.75 Å². The Morgan fingerprint density at radius 3 is 2.37 bits per heavy atom. The van der Waals surface area contributed by atoms with Gasteiger partial charge in [0.05, 0.1) is 24.5 Å². The van der Waals surface area contributed by atoms with Crippen LogP contribution < -0.4 is 10.1 Å². The number of nitrogens with zero attached hydrogens (tertiary/aromatic N) is 3. The van der Waals surface area contributed by atoms with Gasteiger partial charge in [-0.15, -0.1) is 28.1 Å². The third kappa shape index (κ3) is 7.69. The number of benzene rings is 1. The molecule has 0 fully saturated rings. The Morgan fingerprint density at radius 2 is 1.76 bits per heavy atom. The van der Waals surface area contributed by atoms with Gasteiger partial charge >= 0.3 is 11.9 Å². The van der Waals surface area contributed by atoms with E-state index in [1.807, 2.05) is 37.5 Å². The van der Waals surface area contributed by atoms with Crippen LogP contribution in [0, 0.1) is 20.8 Å². The first-order valence-electron chi connectivity index (χ1n) is 12.9. The van der Waals surface area contributed by atoms with Crippen LogP contribution in [-0.2, 0) is 20.8 Å². The lowest BCUT2D eigenvalue weighted by molar-refractivity contribution is -0.113. The first kappa shape index (κ1) is 32.2. The van der Waals surface area contributed by atoms with Gasteiger partial charge < -0.3 is 19.5 Å². The Kier molecular flexibility index (Phi) is 11.4. The molecule has 10 nitrogen and oxygen atoms in total. The third-order valence-electron chi connectivity index (χ3n) is 5.82. The number of aromatic nitrogens is 3. The van der Waals surface area contributed by atoms with E-state index in [2.05, 4.69) is 22.1 Å². The largest absolute Gasteiger partial charge is 0.483 e. The van der Waals surface area contributed by atoms with Crippen LogP contribution in [0.1, 0.15) is 69.4 Å². The monoisotopic (exact) mass is 620 g/mol. The summed E-state index contributed by atoms with van der Waals surface area (Å²) in [6.45, 7) is 15.2. The highest BCUT2D eigenvalue weighted by Crippen LogP contribution is 2.35. The van der Waals surface area contributed by atoms with Gasteiger partial charge in [0.2, 0.25) is 5.91 Å². The number of hydrogen-bond donors (Lipinski definition) is 1. The number of hydrogen-bond acceptors (Lipinski definition) is 10. The van der Waals surface area contributed by atoms with E-state index in [-0.39, 0.29) is 34.4 Å². The number of ether oxygens (including phenoxy) is 3. The van der Waals surface area contributed by atoms with Crippen LogP contribution in [0.15, 0.2) is 29.9 Å². The van der Waals surface area contributed by atoms with Crippen LogP contribution in [0.5, 0.6) is 5.75 Å². The minimum absolute atomic E-state index is 0.0337. The smallest absolute Gasteiger partial charge is 0.348 e. The van der Waals surface area contributed by atoms with Crippen LogP contribution in [-0.4, -0.2) is 51.6 Å². The van der Waals surface area contributed by atoms with Gasteiger partial charge in [0.1, 0.15) is 15.6 Å². The number of halogens is 1. The van der Waals surface area contributed by atoms with Crippen molar-refractivity contribution in [1.29, 1.82) is 0 Å². The predicted octanol–water partition coefficient (Wildman–Crippen LogP) is 6.33. The highest BCUT2D eigenvalue weighted by atomic mass is 35.5. The maximum Gasteiger partial charge on any atom is 0.348 e. The molecule has 0 spiro atoms. The summed E-state index contributed by atoms with van der Waals surface area (Å²) >= 11 is 8.43. The average Bonchev–Trinajstić information content (AvgIpc) is 3.46. The van der Waals surface area contributed by atoms with Crippen LogP contribution >= 0.6 is 34.7 Å². The summed E-state index contributed by atoms with van der Waals surface area (Å²) < 4.78 is 18.2. The zero-order chi connectivity index (χ0) is 30.3. The fraction of sp³-hybridized carbons (Fsp3) is 0.393. The second kappa shape index (κ2) is 14.5. The zero-order valence-corrected chi connectivity index (χ0v) is 26.2. The van der Waals surface area contributed by atoms with Crippen LogP contribution in [0.3, 0.4) is 0 Å². The normalized spacial score (nSPS) is 11.6. The molecule has 0 aliphatic carbocycles. The van der Waals surface area contributed by atoms with Crippen LogP contribution in [0.25, 0.3) is 0 Å². The molecule has 41 heavy (non-hydrogen) atoms. The van der Waals surface area contributed by atoms with Gasteiger partial charge in [0, 0.05) is 11.6 Å². The number of anilines is 1. The Balaban J connectivity index is 1.77. The Hall–Kier alpha value is -3.35. The third-order valence-corrected chi connectivity index (χ3v) is 8.57. The van der Waals surface area contributed by atoms with Crippen LogP contribution in [0.2, 0.25) is 5.02 Å². The molecule has 0 aliphatic heterocycles. The molecule has 1 atom stereocenters. The number of carbonyl (C=O) groups is 3. The molecule has 2 heterocycles. The van der Waals surface area contributed by atoms with Crippen molar-refractivity contribution >= 4 is 57.5 Å². The van der Waals surface area contributed by atoms with E-state index >= 15 is 0 Å². The number of rotatable bonds is 13. The molecule has 1 unspecified atom stereocenters. The minimum atomic E-state index is -0.629. The number of thiophene rings is 1. The Labute approximate surface area is 252 Å². The van der Waals surface area contributed by atoms with Crippen molar-refractivity contribution < 1.29 is 28.6 Å². The second-order valence-corrected chi connectivity index (χ2v) is 11.3. The molecular formula is C28H33ClN4O6S2. The van der Waals surface area contributed by atoms with Crippen molar-refractivity contribution in [3.63, 3.8) is 0 Å². The molecular weight excluding hydrogens is 588 g/mol. The van der Waals surface area contributed by atoms with E-state index in [4.69, 9.17) is 25.8 Å². The second-order valence-electron chi connectivity index (χ2n) is 8.91. The summed E-state index contributed by atoms with van der Waals surface area (Å²) in [5.41, 5.74) is 2.34. The first-order valence-corrected chi connectivity index (χ1v) is 15.1. The van der Waals surface area contributed by atoms with Crippen molar-refractivity contribution in [1.82, 2.24) is 14.8 Å². The number of aryl methyl sites for hydroxylation is 2. The summed E-state index contributed by atoms with van der Waals surface area (Å²) in [5.74, 6) is -0.409. The lowest BCUT2D eigenvalue weighted by Gasteiger charge is -2.17. The van der Waals surface area contributed by atoms with Gasteiger partial charge in [0.25, 0.3) is 0 Å². The van der Waals surface area contributed by atoms with E-state index in [0.29, 0.717) is 33.9 Å². The fourth-order valence-corrected chi connectivity index (χ4v) is 5.94. The summed E-state index contributed by atoms with van der Waals surface area (Å²) in [6, 6.07) is 3.73. The molecule has 1 N–H and O–H groups in total. The van der Waals surface area contributed by atoms with Gasteiger partial charge in [-0.3, -0.25) is 9.36 Å². The molecule has 3 aromatic rings. The molecule has 13 heteroatoms. The molecule has 1 amide bonds. The quantitative estimate of drug-likeness (QED) is 0.133. The number of allylic oxidation sites excluding steroid dienone is 1. The predicted molar refractivity (Wildman–Crippen MR) is 161 cm³/mol. The summed E-state index contributed by atoms with van der Waals surface area (Å²) in [5, 5.41) is 12.7. The standard InChI is InChI=1S/C28H33ClN4O6S2/c1-8-11-33-24(18(7)39-19-12-15(4)22(29)16(5)13-19)31-32-28(33)40-14-20(34)30-25-21(26(35)37-9-2)17(6)23(41-25)27(36)38-10-3/h8,12-13,18H,1,9-11,14H2,2-7H3,(H,30,34). The molecule has 2 aromatic heterocycles. The lowest BCUT2D eigenvalue weighted by atomic mass is 10.1. The number of amides is 1. The molecule has 0 bridgehead atoms. The summed E-state index contributed by atoms with van der Waals surface area (Å²) in [6.07, 6.45) is 1.25. The SMILES string of the molecule is C=CCn1c(SCC(=O)Nc2sc(C(=O)OCC)c(C)c2C(=O)OCC)nnc1C(C)Oc1cc(C)c(Cl)c(C)c1. The van der Waals surface area contributed by atoms with Gasteiger partial charge in [-0.25, -0.2) is 9.59 Å². The van der Waals surface area contributed by atoms with E-state index in [1.54, 1.807) is 26.8 Å². The number of esters is 2. The first-order chi connectivity index (χ1) is 19.5. The summed E-state index contributed by atoms with van der Waals surface area (Å²) in [4.78, 5) is 38.2. The van der Waals surface area contributed by atoms with Crippen molar-refractivity contribution in [2.75, 3.05) is 24.3 Å². The maximum atomic E-state index is 13.0. The van der Waals surface area contributed by atoms with E-state index in [0.717, 1.165) is 22.5 Å². The lowest BCUT2D eigenvalue weighted by Crippen LogP contribution is -2.17. The van der Waals surface area contributed by atoms with Crippen molar-refractivity contribution in [2.24, 2.45) is 0 Å². The Morgan fingerprint density at radius 1 is 1.12 bits per heavy atom. The summed E-state index contributed by atoms with van der Waals surface area (Å²) in [7, 11) is 0. The fourth-order valence-electron chi connectivity index (χ4n) is 3.97. The van der Waals surface area contributed by atoms with E-state index in [9.17, 15) is 14.4 Å². The maximum absolute atomic E-state index is 13.0. The van der Waals surface area contributed by atoms with Crippen molar-refractivity contribution in [3.05, 3.63) is 62.8 Å². The highest BCUT2D eigenvalue weighted by molar-refractivity contribution is 7.99. The number of nitrogens with one attached hydrogen (secondary N) is 1. The molecule has 0 saturated carbocycles. The van der Waals surface area contributed by atoms with Gasteiger partial charge in [-0.05, 0) is 70.4 Å². The molecule has 0 aliphatic rings. The molecule has 1 aromatic carbocycles. The Bertz CT molecular complexity index is 1430. The van der Waals surface area contributed by atoms with Gasteiger partial charge in [0.15, 0.2) is 17.1 Å². The molecule has 0 radical (unpaired) electrons. The molecule has 220 valence electrons. The minimum Gasteiger partial charge on any atom is -0.483 e. The van der Waals surface area contributed by atoms with Gasteiger partial charge in [-0.2, -0.15) is 0 Å². The molecule has 0 saturated heterocycles. The number of carbonyl (C=O) groups excluding carboxylic acids is 3. The van der Waals surface area contributed by atoms with E-state index in [1.165, 1.54) is 11.8 Å². The number of thioether (sulfide) groups is 1.